The Kier molecular flexibility index (Phi) is 4.71. The summed E-state index contributed by atoms with van der Waals surface area (Å²) in [5.74, 6) is -0.634. The van der Waals surface area contributed by atoms with Crippen LogP contribution in [-0.2, 0) is 16.6 Å². The first kappa shape index (κ1) is 17.4. The van der Waals surface area contributed by atoms with Gasteiger partial charge in [-0.25, -0.2) is 14.8 Å². The summed E-state index contributed by atoms with van der Waals surface area (Å²) in [4.78, 5) is 33.3. The monoisotopic (exact) mass is 370 g/mol. The van der Waals surface area contributed by atoms with E-state index in [0.29, 0.717) is 11.3 Å². The second-order valence-electron chi connectivity index (χ2n) is 5.01. The van der Waals surface area contributed by atoms with Gasteiger partial charge in [-0.1, -0.05) is 0 Å². The topological polar surface area (TPSA) is 88.3 Å². The van der Waals surface area contributed by atoms with Crippen LogP contribution in [0.4, 0.5) is 0 Å². The van der Waals surface area contributed by atoms with Gasteiger partial charge in [0.2, 0.25) is 0 Å². The molecule has 0 radical (unpaired) electrons. The van der Waals surface area contributed by atoms with Crippen molar-refractivity contribution in [2.24, 2.45) is 7.05 Å². The number of carbonyl (C=O) groups is 2. The molecule has 0 bridgehead atoms. The summed E-state index contributed by atoms with van der Waals surface area (Å²) >= 11 is 2.81. The van der Waals surface area contributed by atoms with Gasteiger partial charge in [0, 0.05) is 30.2 Å². The second kappa shape index (κ2) is 6.49. The number of β-lactam (4-membered cyclic amide) rings is 1. The molecule has 1 amide bonds. The summed E-state index contributed by atoms with van der Waals surface area (Å²) in [7, 11) is 1.87. The van der Waals surface area contributed by atoms with Gasteiger partial charge in [-0.2, -0.15) is 0 Å². The van der Waals surface area contributed by atoms with Crippen molar-refractivity contribution in [1.82, 2.24) is 19.4 Å². The zero-order valence-electron chi connectivity index (χ0n) is 11.8. The zero-order chi connectivity index (χ0) is 16.1. The van der Waals surface area contributed by atoms with Crippen molar-refractivity contribution in [2.75, 3.05) is 0 Å². The maximum absolute atomic E-state index is 12.2. The average Bonchev–Trinajstić information content (AvgIpc) is 3.22. The molecule has 0 aliphatic carbocycles. The molecular formula is C14H11N4NaO3S2. The van der Waals surface area contributed by atoms with Crippen LogP contribution in [0, 0.1) is 0 Å². The first-order valence-corrected chi connectivity index (χ1v) is 8.46. The van der Waals surface area contributed by atoms with Crippen LogP contribution >= 0.6 is 23.1 Å². The van der Waals surface area contributed by atoms with E-state index in [4.69, 9.17) is 5.11 Å². The molecule has 10 heteroatoms. The van der Waals surface area contributed by atoms with Crippen molar-refractivity contribution in [3.8, 4) is 10.8 Å². The molecule has 2 aromatic heterocycles. The molecule has 118 valence electrons. The molecule has 2 aromatic rings. The van der Waals surface area contributed by atoms with Gasteiger partial charge >= 0.3 is 35.5 Å². The molecular weight excluding hydrogens is 359 g/mol. The van der Waals surface area contributed by atoms with Gasteiger partial charge in [0.25, 0.3) is 5.91 Å². The third-order valence-corrected chi connectivity index (χ3v) is 5.43. The molecule has 2 aliphatic heterocycles. The van der Waals surface area contributed by atoms with Gasteiger partial charge in [0.1, 0.15) is 11.1 Å². The number of thioether (sulfide) groups is 1. The minimum atomic E-state index is -1.09. The fraction of sp³-hybridized carbons (Fsp3) is 0.143. The molecule has 0 saturated carbocycles. The number of thiazole rings is 1. The maximum atomic E-state index is 12.2. The molecule has 1 fully saturated rings. The summed E-state index contributed by atoms with van der Waals surface area (Å²) in [6.45, 7) is 0. The molecule has 4 heterocycles. The summed E-state index contributed by atoms with van der Waals surface area (Å²) in [5.41, 5.74) is 1.25. The Labute approximate surface area is 167 Å². The number of amides is 1. The molecule has 1 unspecified atom stereocenters. The average molecular weight is 370 g/mol. The van der Waals surface area contributed by atoms with Crippen molar-refractivity contribution in [3.63, 3.8) is 0 Å². The van der Waals surface area contributed by atoms with Crippen molar-refractivity contribution < 1.29 is 14.7 Å². The number of aliphatic carboxylic acids is 1. The number of hydrogen-bond donors (Lipinski definition) is 1. The van der Waals surface area contributed by atoms with Crippen LogP contribution in [-0.4, -0.2) is 71.3 Å². The SMILES string of the molecule is Cn1cc(C=C2C(=O)N3C(C(=O)O)=CSC23)nc1-c1nccs1.[NaH]. The van der Waals surface area contributed by atoms with Gasteiger partial charge in [0.15, 0.2) is 10.8 Å². The van der Waals surface area contributed by atoms with E-state index in [1.165, 1.54) is 33.4 Å². The van der Waals surface area contributed by atoms with E-state index < -0.39 is 5.97 Å². The van der Waals surface area contributed by atoms with Crippen LogP contribution < -0.4 is 0 Å². The Morgan fingerprint density at radius 3 is 2.92 bits per heavy atom. The van der Waals surface area contributed by atoms with Crippen LogP contribution in [0.3, 0.4) is 0 Å². The fourth-order valence-corrected chi connectivity index (χ4v) is 4.30. The Balaban J connectivity index is 0.00000169. The van der Waals surface area contributed by atoms with Gasteiger partial charge < -0.3 is 9.67 Å². The predicted molar refractivity (Wildman–Crippen MR) is 93.4 cm³/mol. The van der Waals surface area contributed by atoms with Crippen LogP contribution in [0.15, 0.2) is 34.5 Å². The van der Waals surface area contributed by atoms with E-state index in [-0.39, 0.29) is 46.5 Å². The number of fused-ring (bicyclic) bond motifs is 1. The van der Waals surface area contributed by atoms with Crippen molar-refractivity contribution in [1.29, 1.82) is 0 Å². The van der Waals surface area contributed by atoms with Gasteiger partial charge in [-0.15, -0.1) is 23.1 Å². The summed E-state index contributed by atoms with van der Waals surface area (Å²) < 4.78 is 1.86. The molecule has 0 spiro atoms. The van der Waals surface area contributed by atoms with E-state index in [1.54, 1.807) is 12.3 Å². The number of imidazole rings is 1. The van der Waals surface area contributed by atoms with Crippen molar-refractivity contribution >= 4 is 70.6 Å². The van der Waals surface area contributed by atoms with E-state index in [1.807, 2.05) is 23.2 Å². The van der Waals surface area contributed by atoms with Crippen molar-refractivity contribution in [3.05, 3.63) is 40.1 Å². The number of nitrogens with zero attached hydrogens (tertiary/aromatic N) is 4. The molecule has 1 N–H and O–H groups in total. The quantitative estimate of drug-likeness (QED) is 0.495. The van der Waals surface area contributed by atoms with E-state index in [2.05, 4.69) is 9.97 Å². The zero-order valence-corrected chi connectivity index (χ0v) is 13.5. The summed E-state index contributed by atoms with van der Waals surface area (Å²) in [6.07, 6.45) is 5.26. The van der Waals surface area contributed by atoms with Crippen LogP contribution in [0.5, 0.6) is 0 Å². The minimum absolute atomic E-state index is 0. The number of carboxylic acid groups (broad SMARTS) is 1. The van der Waals surface area contributed by atoms with E-state index in [9.17, 15) is 9.59 Å². The number of rotatable bonds is 3. The fourth-order valence-electron chi connectivity index (χ4n) is 2.52. The third-order valence-electron chi connectivity index (χ3n) is 3.58. The van der Waals surface area contributed by atoms with E-state index in [0.717, 1.165) is 10.8 Å². The third kappa shape index (κ3) is 2.66. The number of aromatic nitrogens is 3. The molecule has 24 heavy (non-hydrogen) atoms. The normalized spacial score (nSPS) is 20.5. The van der Waals surface area contributed by atoms with Crippen LogP contribution in [0.2, 0.25) is 0 Å². The molecule has 1 saturated heterocycles. The Morgan fingerprint density at radius 2 is 2.25 bits per heavy atom. The first-order valence-electron chi connectivity index (χ1n) is 6.63. The number of hydrogen-bond acceptors (Lipinski definition) is 6. The second-order valence-corrected chi connectivity index (χ2v) is 6.86. The standard InChI is InChI=1S/C14H10N4O3S2.Na.H/c1-17-5-7(16-10(17)11-15-2-3-22-11)4-8-12(19)18-9(14(20)21)6-23-13(8)18;;/h2-6,13H,1H3,(H,20,21);;. The number of aryl methyl sites for hydroxylation is 1. The Morgan fingerprint density at radius 1 is 1.46 bits per heavy atom. The molecule has 7 nitrogen and oxygen atoms in total. The van der Waals surface area contributed by atoms with Gasteiger partial charge in [0.05, 0.1) is 11.3 Å². The Hall–Kier alpha value is -1.39. The summed E-state index contributed by atoms with van der Waals surface area (Å²) in [6, 6.07) is 0. The molecule has 4 rings (SSSR count). The van der Waals surface area contributed by atoms with Gasteiger partial charge in [-0.3, -0.25) is 9.69 Å². The molecule has 0 aromatic carbocycles. The number of carbonyl (C=O) groups excluding carboxylic acids is 1. The van der Waals surface area contributed by atoms with Crippen molar-refractivity contribution in [2.45, 2.75) is 5.37 Å². The number of carboxylic acids is 1. The van der Waals surface area contributed by atoms with E-state index >= 15 is 0 Å². The molecule has 1 atom stereocenters. The Bertz CT molecular complexity index is 888. The molecule has 2 aliphatic rings. The summed E-state index contributed by atoms with van der Waals surface area (Å²) in [5, 5.41) is 13.0. The van der Waals surface area contributed by atoms with Crippen LogP contribution in [0.1, 0.15) is 5.69 Å². The predicted octanol–water partition coefficient (Wildman–Crippen LogP) is 1.12. The van der Waals surface area contributed by atoms with Crippen LogP contribution in [0.25, 0.3) is 16.9 Å². The first-order chi connectivity index (χ1) is 11.1. The van der Waals surface area contributed by atoms with Gasteiger partial charge in [-0.05, 0) is 6.08 Å².